The fourth-order valence-electron chi connectivity index (χ4n) is 3.43. The van der Waals surface area contributed by atoms with Crippen LogP contribution >= 0.6 is 0 Å². The van der Waals surface area contributed by atoms with E-state index in [1.165, 1.54) is 0 Å². The monoisotopic (exact) mass is 327 g/mol. The van der Waals surface area contributed by atoms with Crippen LogP contribution in [0.4, 0.5) is 0 Å². The Morgan fingerprint density at radius 1 is 1.33 bits per heavy atom. The smallest absolute Gasteiger partial charge is 0.152 e. The van der Waals surface area contributed by atoms with Crippen molar-refractivity contribution in [1.82, 2.24) is 15.1 Å². The predicted octanol–water partition coefficient (Wildman–Crippen LogP) is 3.35. The second-order valence-electron chi connectivity index (χ2n) is 6.27. The van der Waals surface area contributed by atoms with Gasteiger partial charge in [0, 0.05) is 12.2 Å². The van der Waals surface area contributed by atoms with Crippen LogP contribution in [0.15, 0.2) is 51.6 Å². The quantitative estimate of drug-likeness (QED) is 0.726. The number of nitrogens with zero attached hydrogens (tertiary/aromatic N) is 2. The molecule has 1 aliphatic heterocycles. The Hall–Kier alpha value is -2.31. The third-order valence-corrected chi connectivity index (χ3v) is 4.65. The summed E-state index contributed by atoms with van der Waals surface area (Å²) in [6.45, 7) is 1.78. The molecule has 126 valence electrons. The number of aromatic nitrogens is 2. The molecule has 2 N–H and O–H groups in total. The lowest BCUT2D eigenvalue weighted by Gasteiger charge is -2.25. The van der Waals surface area contributed by atoms with Gasteiger partial charge in [0.25, 0.3) is 0 Å². The topological polar surface area (TPSA) is 78.4 Å². The minimum Gasteiger partial charge on any atom is -0.467 e. The second kappa shape index (κ2) is 6.67. The first kappa shape index (κ1) is 15.2. The molecule has 0 saturated carbocycles. The Bertz CT molecular complexity index is 748. The van der Waals surface area contributed by atoms with Crippen LogP contribution in [0.5, 0.6) is 0 Å². The van der Waals surface area contributed by atoms with E-state index in [0.29, 0.717) is 18.2 Å². The van der Waals surface area contributed by atoms with Gasteiger partial charge in [-0.2, -0.15) is 5.10 Å². The highest BCUT2D eigenvalue weighted by atomic mass is 16.4. The van der Waals surface area contributed by atoms with Gasteiger partial charge >= 0.3 is 0 Å². The zero-order chi connectivity index (χ0) is 16.4. The highest BCUT2D eigenvalue weighted by Gasteiger charge is 2.28. The maximum Gasteiger partial charge on any atom is 0.152 e. The Morgan fingerprint density at radius 2 is 2.29 bits per heavy atom. The number of H-pyrrole nitrogens is 1. The molecule has 1 aliphatic rings. The van der Waals surface area contributed by atoms with Crippen molar-refractivity contribution in [3.63, 3.8) is 0 Å². The van der Waals surface area contributed by atoms with Gasteiger partial charge in [-0.25, -0.2) is 0 Å². The molecule has 0 radical (unpaired) electrons. The van der Waals surface area contributed by atoms with Crippen molar-refractivity contribution in [3.8, 4) is 11.5 Å². The summed E-state index contributed by atoms with van der Waals surface area (Å²) in [5.41, 5.74) is 0.882. The van der Waals surface area contributed by atoms with Crippen LogP contribution in [0.2, 0.25) is 0 Å². The van der Waals surface area contributed by atoms with E-state index in [1.807, 2.05) is 30.3 Å². The van der Waals surface area contributed by atoms with Gasteiger partial charge < -0.3 is 13.9 Å². The van der Waals surface area contributed by atoms with E-state index in [9.17, 15) is 5.11 Å². The minimum atomic E-state index is -0.553. The van der Waals surface area contributed by atoms with Crippen molar-refractivity contribution in [3.05, 3.63) is 54.3 Å². The molecule has 24 heavy (non-hydrogen) atoms. The van der Waals surface area contributed by atoms with Crippen molar-refractivity contribution < 1.29 is 13.9 Å². The van der Waals surface area contributed by atoms with E-state index in [0.717, 1.165) is 43.1 Å². The maximum atomic E-state index is 10.3. The summed E-state index contributed by atoms with van der Waals surface area (Å²) >= 11 is 0. The van der Waals surface area contributed by atoms with E-state index < -0.39 is 6.10 Å². The summed E-state index contributed by atoms with van der Waals surface area (Å²) in [6, 6.07) is 9.84. The molecule has 4 rings (SSSR count). The van der Waals surface area contributed by atoms with Gasteiger partial charge in [0.05, 0.1) is 12.8 Å². The number of rotatable bonds is 6. The number of aromatic amines is 1. The number of likely N-dealkylation sites (tertiary alicyclic amines) is 1. The Labute approximate surface area is 140 Å². The van der Waals surface area contributed by atoms with E-state index in [2.05, 4.69) is 15.1 Å². The fraction of sp³-hybridized carbons (Fsp3) is 0.389. The number of aliphatic hydroxyl groups is 1. The third-order valence-electron chi connectivity index (χ3n) is 4.65. The Morgan fingerprint density at radius 3 is 3.08 bits per heavy atom. The first-order chi connectivity index (χ1) is 11.8. The summed E-state index contributed by atoms with van der Waals surface area (Å²) in [4.78, 5) is 2.38. The van der Waals surface area contributed by atoms with E-state index in [4.69, 9.17) is 8.83 Å². The van der Waals surface area contributed by atoms with E-state index in [1.54, 1.807) is 12.5 Å². The van der Waals surface area contributed by atoms with Crippen LogP contribution in [0, 0.1) is 0 Å². The standard InChI is InChI=1S/C18H21N3O3/c22-16(18-4-2-10-23-18)11-13-3-1-9-21(13)12-14-5-6-17(24-14)15-7-8-19-20-15/h2,4-8,10,13,16,22H,1,3,9,11-12H2,(H,19,20)/t13-,16-/m1/s1. The van der Waals surface area contributed by atoms with Crippen LogP contribution in [-0.4, -0.2) is 32.8 Å². The van der Waals surface area contributed by atoms with E-state index >= 15 is 0 Å². The number of aliphatic hydroxyl groups excluding tert-OH is 1. The molecule has 4 heterocycles. The summed E-state index contributed by atoms with van der Waals surface area (Å²) in [7, 11) is 0. The van der Waals surface area contributed by atoms with Gasteiger partial charge in [-0.15, -0.1) is 0 Å². The molecule has 0 aromatic carbocycles. The van der Waals surface area contributed by atoms with Gasteiger partial charge in [0.15, 0.2) is 5.76 Å². The average Bonchev–Trinajstić information content (AvgIpc) is 3.37. The highest BCUT2D eigenvalue weighted by Crippen LogP contribution is 2.29. The average molecular weight is 327 g/mol. The molecule has 3 aromatic rings. The zero-order valence-electron chi connectivity index (χ0n) is 13.4. The zero-order valence-corrected chi connectivity index (χ0v) is 13.4. The van der Waals surface area contributed by atoms with Crippen LogP contribution in [0.3, 0.4) is 0 Å². The largest absolute Gasteiger partial charge is 0.467 e. The number of furan rings is 2. The van der Waals surface area contributed by atoms with Gasteiger partial charge in [-0.3, -0.25) is 10.00 Å². The van der Waals surface area contributed by atoms with Crippen molar-refractivity contribution in [2.24, 2.45) is 0 Å². The SMILES string of the molecule is O[C@H](C[C@H]1CCCN1Cc1ccc(-c2ccn[nH]2)o1)c1ccco1. The normalized spacial score (nSPS) is 19.8. The molecule has 0 bridgehead atoms. The van der Waals surface area contributed by atoms with Crippen LogP contribution in [-0.2, 0) is 6.54 Å². The summed E-state index contributed by atoms with van der Waals surface area (Å²) < 4.78 is 11.2. The molecule has 2 atom stereocenters. The van der Waals surface area contributed by atoms with Gasteiger partial charge in [-0.1, -0.05) is 0 Å². The molecule has 6 heteroatoms. The molecule has 0 aliphatic carbocycles. The van der Waals surface area contributed by atoms with Crippen LogP contribution < -0.4 is 0 Å². The fourth-order valence-corrected chi connectivity index (χ4v) is 3.43. The number of nitrogens with one attached hydrogen (secondary N) is 1. The lowest BCUT2D eigenvalue weighted by atomic mass is 10.1. The third kappa shape index (κ3) is 3.16. The molecule has 1 saturated heterocycles. The van der Waals surface area contributed by atoms with Crippen LogP contribution in [0.25, 0.3) is 11.5 Å². The first-order valence-electron chi connectivity index (χ1n) is 8.33. The molecule has 3 aromatic heterocycles. The lowest BCUT2D eigenvalue weighted by molar-refractivity contribution is 0.0972. The Kier molecular flexibility index (Phi) is 4.23. The van der Waals surface area contributed by atoms with Crippen molar-refractivity contribution in [2.45, 2.75) is 38.0 Å². The summed E-state index contributed by atoms with van der Waals surface area (Å²) in [6.07, 6.45) is 5.68. The molecule has 0 amide bonds. The van der Waals surface area contributed by atoms with Gasteiger partial charge in [-0.05, 0) is 56.1 Å². The van der Waals surface area contributed by atoms with Crippen molar-refractivity contribution in [2.75, 3.05) is 6.54 Å². The summed E-state index contributed by atoms with van der Waals surface area (Å²) in [5.74, 6) is 2.37. The maximum absolute atomic E-state index is 10.3. The van der Waals surface area contributed by atoms with Crippen molar-refractivity contribution >= 4 is 0 Å². The lowest BCUT2D eigenvalue weighted by Crippen LogP contribution is -2.30. The van der Waals surface area contributed by atoms with Crippen LogP contribution in [0.1, 0.15) is 36.9 Å². The highest BCUT2D eigenvalue weighted by molar-refractivity contribution is 5.51. The molecule has 0 spiro atoms. The van der Waals surface area contributed by atoms with Crippen molar-refractivity contribution in [1.29, 1.82) is 0 Å². The molecule has 6 nitrogen and oxygen atoms in total. The molecule has 0 unspecified atom stereocenters. The van der Waals surface area contributed by atoms with E-state index in [-0.39, 0.29) is 0 Å². The van der Waals surface area contributed by atoms with Gasteiger partial charge in [0.2, 0.25) is 0 Å². The summed E-state index contributed by atoms with van der Waals surface area (Å²) in [5, 5.41) is 17.2. The minimum absolute atomic E-state index is 0.339. The number of hydrogen-bond donors (Lipinski definition) is 2. The molecule has 1 fully saturated rings. The predicted molar refractivity (Wildman–Crippen MR) is 88.0 cm³/mol. The number of hydrogen-bond acceptors (Lipinski definition) is 5. The van der Waals surface area contributed by atoms with Gasteiger partial charge in [0.1, 0.15) is 23.3 Å². The molecular formula is C18H21N3O3. The molecular weight excluding hydrogens is 306 g/mol. The Balaban J connectivity index is 1.40. The second-order valence-corrected chi connectivity index (χ2v) is 6.27. The first-order valence-corrected chi connectivity index (χ1v) is 8.33.